The van der Waals surface area contributed by atoms with Crippen LogP contribution >= 0.6 is 0 Å². The highest BCUT2D eigenvalue weighted by Gasteiger charge is 2.11. The molecule has 0 aliphatic rings. The number of non-ortho nitro benzene ring substituents is 1. The van der Waals surface area contributed by atoms with Crippen molar-refractivity contribution < 1.29 is 4.92 Å². The highest BCUT2D eigenvalue weighted by molar-refractivity contribution is 5.81. The third kappa shape index (κ3) is 18.7. The molecule has 0 saturated heterocycles. The lowest BCUT2D eigenvalue weighted by molar-refractivity contribution is -0.384. The Bertz CT molecular complexity index is 3160. The Morgan fingerprint density at radius 3 is 1.13 bits per heavy atom. The summed E-state index contributed by atoms with van der Waals surface area (Å²) in [6.45, 7) is 11.0. The molecule has 0 amide bonds. The molecule has 0 aliphatic heterocycles. The van der Waals surface area contributed by atoms with Crippen LogP contribution < -0.4 is 16.0 Å². The molecule has 9 aromatic rings. The van der Waals surface area contributed by atoms with Crippen molar-refractivity contribution in [2.45, 2.75) is 53.2 Å². The van der Waals surface area contributed by atoms with Crippen LogP contribution in [-0.2, 0) is 0 Å². The van der Waals surface area contributed by atoms with Gasteiger partial charge in [-0.05, 0) is 107 Å². The van der Waals surface area contributed by atoms with Gasteiger partial charge in [0.05, 0.1) is 4.92 Å². The predicted molar refractivity (Wildman–Crippen MR) is 328 cm³/mol. The van der Waals surface area contributed by atoms with E-state index in [-0.39, 0.29) is 24.1 Å². The van der Waals surface area contributed by atoms with Crippen LogP contribution in [0.5, 0.6) is 0 Å². The Morgan fingerprint density at radius 2 is 0.740 bits per heavy atom. The van der Waals surface area contributed by atoms with Crippen LogP contribution in [0.3, 0.4) is 0 Å². The summed E-state index contributed by atoms with van der Waals surface area (Å²) in [5.41, 5.74) is 15.9. The Kier molecular flexibility index (Phi) is 23.5. The molecule has 0 aromatic heterocycles. The molecule has 0 heterocycles. The van der Waals surface area contributed by atoms with Gasteiger partial charge in [0.1, 0.15) is 0 Å². The van der Waals surface area contributed by atoms with Gasteiger partial charge in [0.15, 0.2) is 0 Å². The van der Waals surface area contributed by atoms with Crippen molar-refractivity contribution in [2.24, 2.45) is 0 Å². The van der Waals surface area contributed by atoms with Gasteiger partial charge < -0.3 is 16.0 Å². The Labute approximate surface area is 458 Å². The minimum absolute atomic E-state index is 0. The molecule has 9 rings (SSSR count). The van der Waals surface area contributed by atoms with Crippen LogP contribution in [0.4, 0.5) is 5.69 Å². The average Bonchev–Trinajstić information content (AvgIpc) is 3.48. The first-order valence-electron chi connectivity index (χ1n) is 26.2. The first-order valence-corrected chi connectivity index (χ1v) is 26.2. The topological polar surface area (TPSA) is 79.2 Å². The Hall–Kier alpha value is -8.52. The van der Waals surface area contributed by atoms with Gasteiger partial charge in [-0.25, -0.2) is 0 Å². The molecule has 390 valence electrons. The fourth-order valence-electron chi connectivity index (χ4n) is 8.65. The average molecular weight is 1020 g/mol. The standard InChI is InChI=1S/C24H25N.C23H22N2O2.C23H23N.CH4/c1-19-13-15-23(16-14-19)24(22-11-7-4-8-12-22)17-18-25-20(2)21-9-5-3-6-10-21;1-18(19-8-4-2-5-9-19)24-17-16-23(20-10-6-3-7-11-20)21-12-14-22(15-13-21)25(26)27;1-19(21-10-4-2-5-11-21)24-18-8-9-20-14-16-23(17-15-20)22-12-6-3-7-13-22;/h3-17,20,25H,18H2,1-2H3;2-16,18,24H,17H2,1H3;2-17,19,24H,18H2,1H3;1H4/b24-17+;23-16+;9-8+;/t20-;18-;19-;/m111./s1. The minimum atomic E-state index is -0.376. The number of nitro benzene ring substituents is 1. The van der Waals surface area contributed by atoms with E-state index in [0.29, 0.717) is 18.6 Å². The Morgan fingerprint density at radius 1 is 0.416 bits per heavy atom. The molecule has 6 nitrogen and oxygen atoms in total. The summed E-state index contributed by atoms with van der Waals surface area (Å²) in [6.07, 6.45) is 8.77. The maximum atomic E-state index is 10.9. The maximum Gasteiger partial charge on any atom is 0.269 e. The summed E-state index contributed by atoms with van der Waals surface area (Å²) in [4.78, 5) is 10.5. The molecule has 9 aromatic carbocycles. The van der Waals surface area contributed by atoms with E-state index in [2.05, 4.69) is 244 Å². The van der Waals surface area contributed by atoms with Crippen LogP contribution in [0.2, 0.25) is 0 Å². The summed E-state index contributed by atoms with van der Waals surface area (Å²) < 4.78 is 0. The van der Waals surface area contributed by atoms with Gasteiger partial charge in [-0.1, -0.05) is 268 Å². The van der Waals surface area contributed by atoms with Crippen LogP contribution in [0.25, 0.3) is 28.3 Å². The molecule has 6 heteroatoms. The zero-order chi connectivity index (χ0) is 53.2. The molecular weight excluding hydrogens is 941 g/mol. The summed E-state index contributed by atoms with van der Waals surface area (Å²) in [5.74, 6) is 0. The van der Waals surface area contributed by atoms with E-state index in [9.17, 15) is 10.1 Å². The molecule has 3 atom stereocenters. The van der Waals surface area contributed by atoms with Crippen molar-refractivity contribution in [3.8, 4) is 11.1 Å². The van der Waals surface area contributed by atoms with Gasteiger partial charge in [0.25, 0.3) is 5.69 Å². The van der Waals surface area contributed by atoms with Crippen LogP contribution in [0.1, 0.15) is 96.4 Å². The second-order valence-corrected chi connectivity index (χ2v) is 18.6. The van der Waals surface area contributed by atoms with Crippen molar-refractivity contribution in [3.05, 3.63) is 333 Å². The number of hydrogen-bond donors (Lipinski definition) is 3. The lowest BCUT2D eigenvalue weighted by Gasteiger charge is -2.14. The van der Waals surface area contributed by atoms with Crippen LogP contribution in [0.15, 0.2) is 273 Å². The molecular formula is C71H74N4O2. The number of hydrogen-bond acceptors (Lipinski definition) is 5. The van der Waals surface area contributed by atoms with Crippen molar-refractivity contribution in [3.63, 3.8) is 0 Å². The number of rotatable bonds is 19. The van der Waals surface area contributed by atoms with E-state index < -0.39 is 0 Å². The molecule has 0 saturated carbocycles. The molecule has 77 heavy (non-hydrogen) atoms. The summed E-state index contributed by atoms with van der Waals surface area (Å²) in [7, 11) is 0. The van der Waals surface area contributed by atoms with E-state index in [0.717, 1.165) is 29.8 Å². The highest BCUT2D eigenvalue weighted by Crippen LogP contribution is 2.27. The second-order valence-electron chi connectivity index (χ2n) is 18.6. The van der Waals surface area contributed by atoms with Crippen LogP contribution in [-0.4, -0.2) is 24.6 Å². The van der Waals surface area contributed by atoms with Gasteiger partial charge >= 0.3 is 0 Å². The third-order valence-electron chi connectivity index (χ3n) is 13.2. The molecule has 0 radical (unpaired) electrons. The number of benzene rings is 9. The van der Waals surface area contributed by atoms with Crippen LogP contribution in [0, 0.1) is 17.0 Å². The normalized spacial score (nSPS) is 12.4. The van der Waals surface area contributed by atoms with E-state index in [1.807, 2.05) is 54.6 Å². The van der Waals surface area contributed by atoms with Crippen molar-refractivity contribution >= 4 is 22.9 Å². The quantitative estimate of drug-likeness (QED) is 0.0556. The highest BCUT2D eigenvalue weighted by atomic mass is 16.6. The van der Waals surface area contributed by atoms with Crippen molar-refractivity contribution in [1.29, 1.82) is 0 Å². The lowest BCUT2D eigenvalue weighted by Crippen LogP contribution is -2.18. The number of aryl methyl sites for hydroxylation is 1. The monoisotopic (exact) mass is 1010 g/mol. The molecule has 0 spiro atoms. The van der Waals surface area contributed by atoms with Gasteiger partial charge in [0, 0.05) is 49.9 Å². The second kappa shape index (κ2) is 31.4. The predicted octanol–water partition coefficient (Wildman–Crippen LogP) is 17.5. The fourth-order valence-corrected chi connectivity index (χ4v) is 8.65. The first kappa shape index (κ1) is 57.8. The zero-order valence-corrected chi connectivity index (χ0v) is 44.2. The smallest absolute Gasteiger partial charge is 0.269 e. The number of nitrogens with one attached hydrogen (secondary N) is 3. The van der Waals surface area contributed by atoms with Crippen molar-refractivity contribution in [2.75, 3.05) is 19.6 Å². The van der Waals surface area contributed by atoms with Gasteiger partial charge in [-0.15, -0.1) is 0 Å². The first-order chi connectivity index (χ1) is 37.2. The lowest BCUT2D eigenvalue weighted by atomic mass is 9.96. The maximum absolute atomic E-state index is 10.9. The van der Waals surface area contributed by atoms with E-state index in [1.165, 1.54) is 55.6 Å². The molecule has 0 bridgehead atoms. The van der Waals surface area contributed by atoms with Gasteiger partial charge in [-0.2, -0.15) is 0 Å². The molecule has 0 unspecified atom stereocenters. The van der Waals surface area contributed by atoms with E-state index in [1.54, 1.807) is 24.3 Å². The molecule has 0 aliphatic carbocycles. The summed E-state index contributed by atoms with van der Waals surface area (Å²) in [6, 6.07) is 87.6. The van der Waals surface area contributed by atoms with E-state index in [4.69, 9.17) is 0 Å². The molecule has 3 N–H and O–H groups in total. The largest absolute Gasteiger partial charge is 0.307 e. The van der Waals surface area contributed by atoms with E-state index >= 15 is 0 Å². The van der Waals surface area contributed by atoms with Crippen molar-refractivity contribution in [1.82, 2.24) is 16.0 Å². The number of nitrogens with zero attached hydrogens (tertiary/aromatic N) is 1. The minimum Gasteiger partial charge on any atom is -0.307 e. The molecule has 0 fully saturated rings. The van der Waals surface area contributed by atoms with Gasteiger partial charge in [0.2, 0.25) is 0 Å². The van der Waals surface area contributed by atoms with Gasteiger partial charge in [-0.3, -0.25) is 10.1 Å². The summed E-state index contributed by atoms with van der Waals surface area (Å²) >= 11 is 0. The SMILES string of the molecule is C.C[C@@H](NC/C=C(\c1ccccc1)c1ccc([N+](=O)[O-])cc1)c1ccccc1.C[C@@H](NC/C=C/c1ccc(-c2ccccc2)cc1)c1ccccc1.Cc1ccc(/C(=C/CN[C@H](C)c2ccccc2)c2ccccc2)cc1. The number of nitro groups is 1. The Balaban J connectivity index is 0.000000186. The third-order valence-corrected chi connectivity index (χ3v) is 13.2. The summed E-state index contributed by atoms with van der Waals surface area (Å²) in [5, 5.41) is 21.6. The zero-order valence-electron chi connectivity index (χ0n) is 44.2. The fraction of sp³-hybridized carbons (Fsp3) is 0.155.